The zero-order valence-corrected chi connectivity index (χ0v) is 13.8. The van der Waals surface area contributed by atoms with E-state index in [0.29, 0.717) is 0 Å². The first-order valence-electron chi connectivity index (χ1n) is 8.57. The van der Waals surface area contributed by atoms with Crippen LogP contribution in [-0.2, 0) is 18.4 Å². The maximum Gasteiger partial charge on any atom is 0.144 e. The van der Waals surface area contributed by atoms with Gasteiger partial charge in [0.05, 0.1) is 23.9 Å². The molecule has 0 unspecified atom stereocenters. The van der Waals surface area contributed by atoms with Gasteiger partial charge in [-0.1, -0.05) is 6.42 Å². The van der Waals surface area contributed by atoms with Crippen LogP contribution in [0.15, 0.2) is 23.3 Å². The highest BCUT2D eigenvalue weighted by atomic mass is 16.5. The van der Waals surface area contributed by atoms with Crippen molar-refractivity contribution in [3.63, 3.8) is 0 Å². The monoisotopic (exact) mass is 323 g/mol. The third kappa shape index (κ3) is 1.74. The molecule has 1 spiro atoms. The normalized spacial score (nSPS) is 20.3. The van der Waals surface area contributed by atoms with Crippen LogP contribution in [0.4, 0.5) is 5.69 Å². The zero-order chi connectivity index (χ0) is 16.3. The first-order chi connectivity index (χ1) is 11.7. The highest BCUT2D eigenvalue weighted by Crippen LogP contribution is 2.53. The van der Waals surface area contributed by atoms with E-state index in [2.05, 4.69) is 28.6 Å². The molecule has 2 aliphatic heterocycles. The van der Waals surface area contributed by atoms with Crippen LogP contribution in [0.1, 0.15) is 36.1 Å². The lowest BCUT2D eigenvalue weighted by Crippen LogP contribution is -2.44. The Morgan fingerprint density at radius 3 is 2.92 bits per heavy atom. The fourth-order valence-corrected chi connectivity index (χ4v) is 4.16. The average Bonchev–Trinajstić information content (AvgIpc) is 3.10. The van der Waals surface area contributed by atoms with Gasteiger partial charge in [-0.05, 0) is 30.5 Å². The summed E-state index contributed by atoms with van der Waals surface area (Å²) in [7, 11) is 1.71. The molecule has 6 nitrogen and oxygen atoms in total. The van der Waals surface area contributed by atoms with E-state index in [1.54, 1.807) is 7.11 Å². The highest BCUT2D eigenvalue weighted by Gasteiger charge is 2.47. The molecule has 2 aromatic rings. The van der Waals surface area contributed by atoms with Crippen LogP contribution in [0.5, 0.6) is 5.75 Å². The summed E-state index contributed by atoms with van der Waals surface area (Å²) in [5.74, 6) is 1.59. The Balaban J connectivity index is 1.65. The van der Waals surface area contributed by atoms with E-state index >= 15 is 0 Å². The minimum atomic E-state index is -0.0472. The molecule has 0 bridgehead atoms. The topological polar surface area (TPSA) is 77.5 Å². The number of aromatic nitrogens is 2. The number of nitrogens with one attached hydrogen (secondary N) is 1. The second kappa shape index (κ2) is 4.83. The summed E-state index contributed by atoms with van der Waals surface area (Å²) < 4.78 is 7.61. The first-order valence-corrected chi connectivity index (χ1v) is 8.57. The van der Waals surface area contributed by atoms with E-state index in [1.165, 1.54) is 17.5 Å². The van der Waals surface area contributed by atoms with Gasteiger partial charge in [0.2, 0.25) is 0 Å². The lowest BCUT2D eigenvalue weighted by Gasteiger charge is -2.39. The fraction of sp³-hybridized carbons (Fsp3) is 0.444. The van der Waals surface area contributed by atoms with Crippen molar-refractivity contribution in [3.8, 4) is 11.4 Å². The molecule has 124 valence electrons. The molecule has 5 rings (SSSR count). The van der Waals surface area contributed by atoms with Crippen molar-refractivity contribution in [3.05, 3.63) is 35.2 Å². The number of fused-ring (bicyclic) bond motifs is 3. The van der Waals surface area contributed by atoms with E-state index in [0.717, 1.165) is 61.0 Å². The van der Waals surface area contributed by atoms with Gasteiger partial charge in [0.15, 0.2) is 0 Å². The lowest BCUT2D eigenvalue weighted by atomic mass is 9.64. The summed E-state index contributed by atoms with van der Waals surface area (Å²) in [5, 5.41) is 8.15. The van der Waals surface area contributed by atoms with Gasteiger partial charge in [-0.25, -0.2) is 9.67 Å². The maximum atomic E-state index is 6.26. The second-order valence-corrected chi connectivity index (χ2v) is 6.95. The van der Waals surface area contributed by atoms with Gasteiger partial charge in [-0.2, -0.15) is 5.10 Å². The van der Waals surface area contributed by atoms with Crippen molar-refractivity contribution in [2.24, 2.45) is 10.7 Å². The summed E-state index contributed by atoms with van der Waals surface area (Å²) >= 11 is 0. The quantitative estimate of drug-likeness (QED) is 0.885. The van der Waals surface area contributed by atoms with E-state index in [4.69, 9.17) is 15.6 Å². The van der Waals surface area contributed by atoms with Gasteiger partial charge in [0, 0.05) is 31.3 Å². The Hall–Kier alpha value is -2.34. The Bertz CT molecular complexity index is 839. The van der Waals surface area contributed by atoms with Gasteiger partial charge in [0.25, 0.3) is 0 Å². The van der Waals surface area contributed by atoms with Crippen molar-refractivity contribution in [2.45, 2.75) is 37.6 Å². The van der Waals surface area contributed by atoms with Crippen molar-refractivity contribution in [1.29, 1.82) is 0 Å². The van der Waals surface area contributed by atoms with Gasteiger partial charge in [0.1, 0.15) is 17.3 Å². The molecule has 6 heteroatoms. The molecule has 0 amide bonds. The van der Waals surface area contributed by atoms with Crippen molar-refractivity contribution in [1.82, 2.24) is 15.1 Å². The predicted molar refractivity (Wildman–Crippen MR) is 92.3 cm³/mol. The molecule has 1 aliphatic carbocycles. The molecule has 3 N–H and O–H groups in total. The van der Waals surface area contributed by atoms with E-state index in [-0.39, 0.29) is 5.41 Å². The van der Waals surface area contributed by atoms with Crippen LogP contribution in [-0.4, -0.2) is 29.3 Å². The molecule has 3 heterocycles. The van der Waals surface area contributed by atoms with E-state index in [9.17, 15) is 0 Å². The molecule has 1 saturated carbocycles. The molecular weight excluding hydrogens is 302 g/mol. The molecule has 1 fully saturated rings. The minimum Gasteiger partial charge on any atom is -0.494 e. The summed E-state index contributed by atoms with van der Waals surface area (Å²) in [6.07, 6.45) is 6.43. The average molecular weight is 323 g/mol. The van der Waals surface area contributed by atoms with Crippen molar-refractivity contribution < 1.29 is 4.74 Å². The lowest BCUT2D eigenvalue weighted by molar-refractivity contribution is 0.342. The predicted octanol–water partition coefficient (Wildman–Crippen LogP) is 1.95. The van der Waals surface area contributed by atoms with Gasteiger partial charge in [-0.15, -0.1) is 0 Å². The number of ether oxygens (including phenoxy) is 1. The Morgan fingerprint density at radius 1 is 1.33 bits per heavy atom. The van der Waals surface area contributed by atoms with Crippen LogP contribution < -0.4 is 15.8 Å². The molecule has 24 heavy (non-hydrogen) atoms. The van der Waals surface area contributed by atoms with Gasteiger partial charge >= 0.3 is 0 Å². The van der Waals surface area contributed by atoms with Crippen molar-refractivity contribution in [2.75, 3.05) is 13.7 Å². The zero-order valence-electron chi connectivity index (χ0n) is 13.8. The maximum absolute atomic E-state index is 6.26. The first kappa shape index (κ1) is 14.0. The highest BCUT2D eigenvalue weighted by molar-refractivity contribution is 6.00. The molecule has 1 aromatic carbocycles. The number of nitrogens with zero attached hydrogens (tertiary/aromatic N) is 3. The third-order valence-corrected chi connectivity index (χ3v) is 5.73. The van der Waals surface area contributed by atoms with Crippen LogP contribution in [0.25, 0.3) is 5.69 Å². The molecule has 0 saturated heterocycles. The van der Waals surface area contributed by atoms with E-state index < -0.39 is 0 Å². The largest absolute Gasteiger partial charge is 0.494 e. The van der Waals surface area contributed by atoms with Crippen LogP contribution >= 0.6 is 0 Å². The number of benzene rings is 1. The SMILES string of the molecule is COc1cc2c(cc1-n1cc3c(n1)CCNC3)N=C(N)C21CCC1. The molecule has 3 aliphatic rings. The van der Waals surface area contributed by atoms with Crippen LogP contribution in [0.3, 0.4) is 0 Å². The molecule has 0 atom stereocenters. The summed E-state index contributed by atoms with van der Waals surface area (Å²) in [6, 6.07) is 4.19. The van der Waals surface area contributed by atoms with E-state index in [1.807, 2.05) is 4.68 Å². The van der Waals surface area contributed by atoms with Crippen LogP contribution in [0.2, 0.25) is 0 Å². The van der Waals surface area contributed by atoms with Crippen LogP contribution in [0, 0.1) is 0 Å². The minimum absolute atomic E-state index is 0.0472. The second-order valence-electron chi connectivity index (χ2n) is 6.95. The number of rotatable bonds is 2. The fourth-order valence-electron chi connectivity index (χ4n) is 4.16. The third-order valence-electron chi connectivity index (χ3n) is 5.73. The number of methoxy groups -OCH3 is 1. The number of amidine groups is 1. The van der Waals surface area contributed by atoms with Crippen molar-refractivity contribution >= 4 is 11.5 Å². The summed E-state index contributed by atoms with van der Waals surface area (Å²) in [6.45, 7) is 1.85. The number of hydrogen-bond donors (Lipinski definition) is 2. The number of hydrogen-bond acceptors (Lipinski definition) is 5. The van der Waals surface area contributed by atoms with Gasteiger partial charge < -0.3 is 15.8 Å². The Kier molecular flexibility index (Phi) is 2.83. The summed E-state index contributed by atoms with van der Waals surface area (Å²) in [5.41, 5.74) is 11.7. The molecule has 0 radical (unpaired) electrons. The molecular formula is C18H21N5O. The number of nitrogens with two attached hydrogens (primary N) is 1. The standard InChI is InChI=1S/C18H21N5O/c1-24-16-7-12-14(21-17(19)18(12)4-2-5-18)8-15(16)23-10-11-9-20-6-3-13(11)22-23/h7-8,10,20H,2-6,9H2,1H3,(H2,19,21). The molecule has 1 aromatic heterocycles. The number of aliphatic imine (C=N–C) groups is 1. The Labute approximate surface area is 140 Å². The van der Waals surface area contributed by atoms with Gasteiger partial charge in [-0.3, -0.25) is 0 Å². The Morgan fingerprint density at radius 2 is 2.21 bits per heavy atom. The smallest absolute Gasteiger partial charge is 0.144 e. The summed E-state index contributed by atoms with van der Waals surface area (Å²) in [4.78, 5) is 4.66.